The van der Waals surface area contributed by atoms with Gasteiger partial charge in [-0.25, -0.2) is 0 Å². The van der Waals surface area contributed by atoms with Crippen molar-refractivity contribution < 1.29 is 0 Å². The van der Waals surface area contributed by atoms with Gasteiger partial charge in [-0.2, -0.15) is 0 Å². The number of rotatable bonds is 0. The van der Waals surface area contributed by atoms with Crippen molar-refractivity contribution in [1.29, 1.82) is 0 Å². The Morgan fingerprint density at radius 3 is 2.64 bits per heavy atom. The second kappa shape index (κ2) is 2.58. The minimum absolute atomic E-state index is 1.05. The monoisotopic (exact) mass is 144 g/mol. The highest BCUT2D eigenvalue weighted by Crippen LogP contribution is 2.11. The summed E-state index contributed by atoms with van der Waals surface area (Å²) < 4.78 is 0. The van der Waals surface area contributed by atoms with Crippen LogP contribution in [0.15, 0.2) is 53.0 Å². The van der Waals surface area contributed by atoms with Crippen LogP contribution in [0.2, 0.25) is 0 Å². The van der Waals surface area contributed by atoms with Crippen molar-refractivity contribution in [3.05, 3.63) is 48.0 Å². The number of aliphatic imine (C=N–C) groups is 1. The van der Waals surface area contributed by atoms with Gasteiger partial charge < -0.3 is 5.32 Å². The zero-order chi connectivity index (χ0) is 7.52. The maximum Gasteiger partial charge on any atom is 0.0639 e. The summed E-state index contributed by atoms with van der Waals surface area (Å²) in [5.41, 5.74) is 2.23. The quantitative estimate of drug-likeness (QED) is 0.547. The van der Waals surface area contributed by atoms with Crippen LogP contribution in [0.4, 0.5) is 0 Å². The van der Waals surface area contributed by atoms with E-state index in [0.717, 1.165) is 5.70 Å². The first-order chi connectivity index (χ1) is 5.47. The molecule has 0 bridgehead atoms. The lowest BCUT2D eigenvalue weighted by atomic mass is 10.2. The second-order valence-electron chi connectivity index (χ2n) is 2.33. The lowest BCUT2D eigenvalue weighted by molar-refractivity contribution is 1.10. The molecule has 0 saturated carbocycles. The maximum atomic E-state index is 4.01. The molecule has 2 nitrogen and oxygen atoms in total. The average Bonchev–Trinajstić information content (AvgIpc) is 2.58. The molecule has 0 amide bonds. The van der Waals surface area contributed by atoms with Gasteiger partial charge in [0, 0.05) is 12.4 Å². The van der Waals surface area contributed by atoms with Gasteiger partial charge in [0.05, 0.1) is 11.9 Å². The first-order valence-corrected chi connectivity index (χ1v) is 3.50. The van der Waals surface area contributed by atoms with Crippen LogP contribution in [-0.2, 0) is 0 Å². The zero-order valence-corrected chi connectivity index (χ0v) is 5.99. The summed E-state index contributed by atoms with van der Waals surface area (Å²) in [7, 11) is 0. The molecule has 0 spiro atoms. The minimum atomic E-state index is 1.05. The van der Waals surface area contributed by atoms with E-state index in [-0.39, 0.29) is 0 Å². The number of hydrogen-bond acceptors (Lipinski definition) is 2. The number of hydrogen-bond donors (Lipinski definition) is 1. The van der Waals surface area contributed by atoms with E-state index in [4.69, 9.17) is 0 Å². The number of nitrogens with one attached hydrogen (secondary N) is 1. The Bertz CT molecular complexity index is 290. The van der Waals surface area contributed by atoms with Gasteiger partial charge in [-0.15, -0.1) is 0 Å². The summed E-state index contributed by atoms with van der Waals surface area (Å²) in [5.74, 6) is 0. The fourth-order valence-corrected chi connectivity index (χ4v) is 1.04. The molecule has 0 atom stereocenters. The van der Waals surface area contributed by atoms with Gasteiger partial charge >= 0.3 is 0 Å². The van der Waals surface area contributed by atoms with Crippen LogP contribution >= 0.6 is 0 Å². The molecular formula is C9H8N2. The molecule has 0 aromatic rings. The summed E-state index contributed by atoms with van der Waals surface area (Å²) in [6, 6.07) is 0. The Morgan fingerprint density at radius 2 is 2.00 bits per heavy atom. The van der Waals surface area contributed by atoms with Crippen molar-refractivity contribution >= 4 is 6.21 Å². The van der Waals surface area contributed by atoms with Gasteiger partial charge in [0.1, 0.15) is 0 Å². The summed E-state index contributed by atoms with van der Waals surface area (Å²) in [6.45, 7) is 0. The molecular weight excluding hydrogens is 136 g/mol. The van der Waals surface area contributed by atoms with Crippen molar-refractivity contribution in [2.45, 2.75) is 0 Å². The Hall–Kier alpha value is -1.57. The highest BCUT2D eigenvalue weighted by molar-refractivity contribution is 5.82. The lowest BCUT2D eigenvalue weighted by Crippen LogP contribution is -2.10. The lowest BCUT2D eigenvalue weighted by Gasteiger charge is -2.05. The van der Waals surface area contributed by atoms with Crippen molar-refractivity contribution in [2.75, 3.05) is 0 Å². The molecule has 0 aromatic heterocycles. The van der Waals surface area contributed by atoms with E-state index >= 15 is 0 Å². The fraction of sp³-hybridized carbons (Fsp3) is 0. The summed E-state index contributed by atoms with van der Waals surface area (Å²) in [4.78, 5) is 4.01. The van der Waals surface area contributed by atoms with Gasteiger partial charge in [-0.3, -0.25) is 4.99 Å². The smallest absolute Gasteiger partial charge is 0.0639 e. The zero-order valence-electron chi connectivity index (χ0n) is 5.99. The third-order valence-corrected chi connectivity index (χ3v) is 1.58. The Labute approximate surface area is 65.3 Å². The van der Waals surface area contributed by atoms with Gasteiger partial charge in [-0.05, 0) is 5.57 Å². The molecule has 1 heterocycles. The summed E-state index contributed by atoms with van der Waals surface area (Å²) >= 11 is 0. The average molecular weight is 144 g/mol. The van der Waals surface area contributed by atoms with Crippen molar-refractivity contribution in [3.8, 4) is 0 Å². The van der Waals surface area contributed by atoms with Crippen LogP contribution in [0.1, 0.15) is 0 Å². The minimum Gasteiger partial charge on any atom is -0.359 e. The van der Waals surface area contributed by atoms with E-state index in [9.17, 15) is 0 Å². The highest BCUT2D eigenvalue weighted by atomic mass is 14.9. The molecule has 0 saturated heterocycles. The van der Waals surface area contributed by atoms with Crippen molar-refractivity contribution in [3.63, 3.8) is 0 Å². The fourth-order valence-electron chi connectivity index (χ4n) is 1.04. The summed E-state index contributed by atoms with van der Waals surface area (Å²) in [5, 5.41) is 3.11. The third-order valence-electron chi connectivity index (χ3n) is 1.58. The standard InChI is InChI=1S/C9H8N2/c1-2-4-8(3-1)9-7-10-5-6-11-9/h1-7,11H. The van der Waals surface area contributed by atoms with Crippen molar-refractivity contribution in [1.82, 2.24) is 5.32 Å². The Balaban J connectivity index is 2.33. The molecule has 0 radical (unpaired) electrons. The normalized spacial score (nSPS) is 19.6. The van der Waals surface area contributed by atoms with Crippen LogP contribution in [-0.4, -0.2) is 6.21 Å². The molecule has 54 valence electrons. The molecule has 1 N–H and O–H groups in total. The van der Waals surface area contributed by atoms with E-state index in [1.165, 1.54) is 5.57 Å². The Kier molecular flexibility index (Phi) is 1.44. The molecule has 0 aromatic carbocycles. The molecule has 2 aliphatic rings. The van der Waals surface area contributed by atoms with E-state index in [1.54, 1.807) is 6.20 Å². The number of nitrogens with zero attached hydrogens (tertiary/aromatic N) is 1. The topological polar surface area (TPSA) is 24.4 Å². The summed E-state index contributed by atoms with van der Waals surface area (Å²) in [6.07, 6.45) is 13.5. The van der Waals surface area contributed by atoms with Crippen molar-refractivity contribution in [2.24, 2.45) is 4.99 Å². The van der Waals surface area contributed by atoms with Gasteiger partial charge in [0.2, 0.25) is 0 Å². The van der Waals surface area contributed by atoms with Gasteiger partial charge in [0.25, 0.3) is 0 Å². The van der Waals surface area contributed by atoms with Gasteiger partial charge in [0.15, 0.2) is 0 Å². The van der Waals surface area contributed by atoms with Crippen LogP contribution in [0.5, 0.6) is 0 Å². The SMILES string of the molecule is C1=CC(=C2C=NC=CN2)C=C1. The molecule has 0 unspecified atom stereocenters. The van der Waals surface area contributed by atoms with E-state index in [0.29, 0.717) is 0 Å². The predicted octanol–water partition coefficient (Wildman–Crippen LogP) is 1.51. The van der Waals surface area contributed by atoms with E-state index < -0.39 is 0 Å². The van der Waals surface area contributed by atoms with E-state index in [2.05, 4.69) is 10.3 Å². The molecule has 2 rings (SSSR count). The van der Waals surface area contributed by atoms with Crippen LogP contribution in [0, 0.1) is 0 Å². The first-order valence-electron chi connectivity index (χ1n) is 3.50. The second-order valence-corrected chi connectivity index (χ2v) is 2.33. The first kappa shape index (κ1) is 6.16. The van der Waals surface area contributed by atoms with Gasteiger partial charge in [-0.1, -0.05) is 24.3 Å². The maximum absolute atomic E-state index is 4.01. The molecule has 1 aliphatic heterocycles. The van der Waals surface area contributed by atoms with Crippen LogP contribution < -0.4 is 5.32 Å². The molecule has 0 fully saturated rings. The molecule has 11 heavy (non-hydrogen) atoms. The number of allylic oxidation sites excluding steroid dienone is 6. The Morgan fingerprint density at radius 1 is 1.18 bits per heavy atom. The van der Waals surface area contributed by atoms with Crippen LogP contribution in [0.25, 0.3) is 0 Å². The molecule has 2 heteroatoms. The highest BCUT2D eigenvalue weighted by Gasteiger charge is 2.00. The third kappa shape index (κ3) is 1.15. The van der Waals surface area contributed by atoms with Crippen LogP contribution in [0.3, 0.4) is 0 Å². The predicted molar refractivity (Wildman–Crippen MR) is 46.1 cm³/mol. The largest absolute Gasteiger partial charge is 0.359 e. The molecule has 1 aliphatic carbocycles. The van der Waals surface area contributed by atoms with E-state index in [1.807, 2.05) is 36.7 Å².